The van der Waals surface area contributed by atoms with E-state index in [0.29, 0.717) is 6.42 Å². The first-order valence-corrected chi connectivity index (χ1v) is 10.8. The van der Waals surface area contributed by atoms with Crippen molar-refractivity contribution in [2.75, 3.05) is 0 Å². The van der Waals surface area contributed by atoms with Crippen molar-refractivity contribution in [1.82, 2.24) is 24.1 Å². The highest BCUT2D eigenvalue weighted by atomic mass is 32.2. The van der Waals surface area contributed by atoms with Gasteiger partial charge in [0.2, 0.25) is 0 Å². The highest BCUT2D eigenvalue weighted by molar-refractivity contribution is 7.89. The third-order valence-electron chi connectivity index (χ3n) is 5.28. The predicted molar refractivity (Wildman–Crippen MR) is 107 cm³/mol. The molecule has 0 fully saturated rings. The van der Waals surface area contributed by atoms with Crippen LogP contribution in [0.4, 0.5) is 0 Å². The van der Waals surface area contributed by atoms with E-state index in [0.717, 1.165) is 28.9 Å². The molecule has 1 aliphatic carbocycles. The SMILES string of the molecule is Cc1ccccc1-n1ncc2c1CC(C)(C)CC2NS(=O)(=O)c1cn(C)cn1. The molecule has 3 aromatic rings. The lowest BCUT2D eigenvalue weighted by atomic mass is 9.74. The molecule has 0 aliphatic heterocycles. The third-order valence-corrected chi connectivity index (χ3v) is 6.63. The number of sulfonamides is 1. The average molecular weight is 400 g/mol. The van der Waals surface area contributed by atoms with Gasteiger partial charge < -0.3 is 4.57 Å². The van der Waals surface area contributed by atoms with Crippen molar-refractivity contribution in [3.05, 3.63) is 59.8 Å². The first kappa shape index (κ1) is 18.9. The van der Waals surface area contributed by atoms with Crippen molar-refractivity contribution in [2.24, 2.45) is 12.5 Å². The normalized spacial score (nSPS) is 18.8. The Labute approximate surface area is 165 Å². The number of hydrogen-bond acceptors (Lipinski definition) is 4. The fraction of sp³-hybridized carbons (Fsp3) is 0.400. The van der Waals surface area contributed by atoms with Crippen molar-refractivity contribution < 1.29 is 8.42 Å². The number of benzene rings is 1. The van der Waals surface area contributed by atoms with Crippen LogP contribution in [0.5, 0.6) is 0 Å². The number of aryl methyl sites for hydroxylation is 2. The van der Waals surface area contributed by atoms with Gasteiger partial charge in [0.1, 0.15) is 0 Å². The van der Waals surface area contributed by atoms with E-state index in [4.69, 9.17) is 0 Å². The number of rotatable bonds is 4. The number of nitrogens with one attached hydrogen (secondary N) is 1. The molecular weight excluding hydrogens is 374 g/mol. The van der Waals surface area contributed by atoms with Crippen molar-refractivity contribution in [3.63, 3.8) is 0 Å². The van der Waals surface area contributed by atoms with Gasteiger partial charge in [-0.05, 0) is 36.8 Å². The van der Waals surface area contributed by atoms with E-state index < -0.39 is 10.0 Å². The molecule has 148 valence electrons. The van der Waals surface area contributed by atoms with E-state index in [1.807, 2.05) is 22.9 Å². The Balaban J connectivity index is 1.75. The minimum Gasteiger partial charge on any atom is -0.339 e. The molecule has 8 heteroatoms. The van der Waals surface area contributed by atoms with E-state index >= 15 is 0 Å². The van der Waals surface area contributed by atoms with Gasteiger partial charge in [0.25, 0.3) is 10.0 Å². The molecule has 0 amide bonds. The molecule has 2 aromatic heterocycles. The lowest BCUT2D eigenvalue weighted by Gasteiger charge is -2.35. The summed E-state index contributed by atoms with van der Waals surface area (Å²) in [4.78, 5) is 4.00. The summed E-state index contributed by atoms with van der Waals surface area (Å²) >= 11 is 0. The minimum absolute atomic E-state index is 0.0335. The quantitative estimate of drug-likeness (QED) is 0.731. The van der Waals surface area contributed by atoms with Gasteiger partial charge in [-0.3, -0.25) is 0 Å². The standard InChI is InChI=1S/C20H25N5O2S/c1-14-7-5-6-8-17(14)25-18-10-20(2,3)9-16(15(18)11-22-25)23-28(26,27)19-12-24(4)13-21-19/h5-8,11-13,16,23H,9-10H2,1-4H3. The van der Waals surface area contributed by atoms with E-state index in [9.17, 15) is 8.42 Å². The van der Waals surface area contributed by atoms with Crippen LogP contribution < -0.4 is 4.72 Å². The first-order chi connectivity index (χ1) is 13.2. The molecule has 1 atom stereocenters. The zero-order valence-electron chi connectivity index (χ0n) is 16.5. The maximum Gasteiger partial charge on any atom is 0.260 e. The van der Waals surface area contributed by atoms with Crippen LogP contribution in [0, 0.1) is 12.3 Å². The summed E-state index contributed by atoms with van der Waals surface area (Å²) in [5, 5.41) is 4.65. The summed E-state index contributed by atoms with van der Waals surface area (Å²) < 4.78 is 32.1. The monoisotopic (exact) mass is 399 g/mol. The van der Waals surface area contributed by atoms with Gasteiger partial charge in [-0.2, -0.15) is 5.10 Å². The summed E-state index contributed by atoms with van der Waals surface area (Å²) in [6.07, 6.45) is 6.32. The van der Waals surface area contributed by atoms with Crippen molar-refractivity contribution in [1.29, 1.82) is 0 Å². The summed E-state index contributed by atoms with van der Waals surface area (Å²) in [7, 11) is -1.96. The van der Waals surface area contributed by atoms with Crippen LogP contribution in [0.3, 0.4) is 0 Å². The Morgan fingerprint density at radius 1 is 1.25 bits per heavy atom. The van der Waals surface area contributed by atoms with Gasteiger partial charge in [-0.15, -0.1) is 0 Å². The molecule has 0 radical (unpaired) electrons. The van der Waals surface area contributed by atoms with Gasteiger partial charge in [0.15, 0.2) is 5.03 Å². The molecule has 0 saturated heterocycles. The Morgan fingerprint density at radius 3 is 2.68 bits per heavy atom. The van der Waals surface area contributed by atoms with Gasteiger partial charge in [-0.25, -0.2) is 22.8 Å². The third kappa shape index (κ3) is 3.38. The van der Waals surface area contributed by atoms with Crippen LogP contribution in [0.2, 0.25) is 0 Å². The topological polar surface area (TPSA) is 81.8 Å². The van der Waals surface area contributed by atoms with Gasteiger partial charge in [-0.1, -0.05) is 32.0 Å². The first-order valence-electron chi connectivity index (χ1n) is 9.29. The highest BCUT2D eigenvalue weighted by Gasteiger charge is 2.37. The number of imidazole rings is 1. The summed E-state index contributed by atoms with van der Waals surface area (Å²) in [5.74, 6) is 0. The molecule has 0 bridgehead atoms. The second-order valence-electron chi connectivity index (χ2n) is 8.34. The zero-order chi connectivity index (χ0) is 20.1. The molecule has 1 unspecified atom stereocenters. The fourth-order valence-electron chi connectivity index (χ4n) is 3.93. The Bertz CT molecular complexity index is 1130. The van der Waals surface area contributed by atoms with Crippen LogP contribution in [-0.4, -0.2) is 27.7 Å². The lowest BCUT2D eigenvalue weighted by Crippen LogP contribution is -2.37. The van der Waals surface area contributed by atoms with Crippen molar-refractivity contribution >= 4 is 10.0 Å². The second kappa shape index (κ2) is 6.56. The number of hydrogen-bond donors (Lipinski definition) is 1. The smallest absolute Gasteiger partial charge is 0.260 e. The molecule has 1 N–H and O–H groups in total. The molecule has 0 spiro atoms. The van der Waals surface area contributed by atoms with Gasteiger partial charge >= 0.3 is 0 Å². The van der Waals surface area contributed by atoms with Crippen molar-refractivity contribution in [2.45, 2.75) is 44.7 Å². The van der Waals surface area contributed by atoms with Crippen molar-refractivity contribution in [3.8, 4) is 5.69 Å². The molecule has 1 aliphatic rings. The maximum absolute atomic E-state index is 12.9. The predicted octanol–water partition coefficient (Wildman–Crippen LogP) is 2.91. The number of nitrogens with zero attached hydrogens (tertiary/aromatic N) is 4. The number of para-hydroxylation sites is 1. The number of fused-ring (bicyclic) bond motifs is 1. The largest absolute Gasteiger partial charge is 0.339 e. The van der Waals surface area contributed by atoms with Gasteiger partial charge in [0.05, 0.1) is 24.3 Å². The van der Waals surface area contributed by atoms with E-state index in [1.165, 1.54) is 12.5 Å². The molecular formula is C20H25N5O2S. The molecule has 4 rings (SSSR count). The average Bonchev–Trinajstić information content (AvgIpc) is 3.21. The van der Waals surface area contributed by atoms with Crippen LogP contribution in [0.25, 0.3) is 5.69 Å². The Hall–Kier alpha value is -2.45. The summed E-state index contributed by atoms with van der Waals surface area (Å²) in [5.41, 5.74) is 4.07. The van der Waals surface area contributed by atoms with E-state index in [1.54, 1.807) is 17.8 Å². The van der Waals surface area contributed by atoms with Crippen LogP contribution in [0.1, 0.15) is 43.1 Å². The van der Waals surface area contributed by atoms with Crippen LogP contribution in [-0.2, 0) is 23.5 Å². The molecule has 2 heterocycles. The zero-order valence-corrected chi connectivity index (χ0v) is 17.4. The highest BCUT2D eigenvalue weighted by Crippen LogP contribution is 2.42. The summed E-state index contributed by atoms with van der Waals surface area (Å²) in [6.45, 7) is 6.37. The number of aromatic nitrogens is 4. The fourth-order valence-corrected chi connectivity index (χ4v) is 5.13. The van der Waals surface area contributed by atoms with E-state index in [-0.39, 0.29) is 16.5 Å². The summed E-state index contributed by atoms with van der Waals surface area (Å²) in [6, 6.07) is 7.74. The second-order valence-corrected chi connectivity index (χ2v) is 10.0. The minimum atomic E-state index is -3.71. The molecule has 0 saturated carbocycles. The molecule has 28 heavy (non-hydrogen) atoms. The maximum atomic E-state index is 12.9. The molecule has 1 aromatic carbocycles. The van der Waals surface area contributed by atoms with Crippen LogP contribution >= 0.6 is 0 Å². The van der Waals surface area contributed by atoms with Gasteiger partial charge in [0, 0.05) is 24.5 Å². The van der Waals surface area contributed by atoms with Crippen LogP contribution in [0.15, 0.2) is 48.0 Å². The van der Waals surface area contributed by atoms with E-state index in [2.05, 4.69) is 41.6 Å². The molecule has 7 nitrogen and oxygen atoms in total. The lowest BCUT2D eigenvalue weighted by molar-refractivity contribution is 0.268. The Morgan fingerprint density at radius 2 is 2.00 bits per heavy atom. The Kier molecular flexibility index (Phi) is 4.43.